The van der Waals surface area contributed by atoms with Crippen LogP contribution in [0, 0.1) is 0 Å². The molecule has 2 aromatic heterocycles. The zero-order valence-electron chi connectivity index (χ0n) is 28.4. The smallest absolute Gasteiger partial charge is 0.146 e. The van der Waals surface area contributed by atoms with E-state index in [9.17, 15) is 0 Å². The molecule has 0 N–H and O–H groups in total. The number of furan rings is 2. The van der Waals surface area contributed by atoms with Gasteiger partial charge in [-0.15, -0.1) is 0 Å². The van der Waals surface area contributed by atoms with Gasteiger partial charge < -0.3 is 32.7 Å². The van der Waals surface area contributed by atoms with Gasteiger partial charge in [0.15, 0.2) is 0 Å². The van der Waals surface area contributed by atoms with E-state index in [1.165, 1.54) is 0 Å². The maximum absolute atomic E-state index is 5.96. The van der Waals surface area contributed by atoms with Gasteiger partial charge in [0.2, 0.25) is 0 Å². The van der Waals surface area contributed by atoms with E-state index in [4.69, 9.17) is 27.8 Å². The van der Waals surface area contributed by atoms with E-state index in [1.807, 2.05) is 72.8 Å². The molecule has 0 bridgehead atoms. The Morgan fingerprint density at radius 3 is 1.25 bits per heavy atom. The van der Waals surface area contributed by atoms with Crippen LogP contribution in [0.5, 0.6) is 23.0 Å². The molecule has 7 nitrogen and oxygen atoms in total. The Labute approximate surface area is 297 Å². The zero-order chi connectivity index (χ0) is 34.8. The van der Waals surface area contributed by atoms with Crippen LogP contribution >= 0.6 is 0 Å². The molecule has 0 saturated heterocycles. The summed E-state index contributed by atoms with van der Waals surface area (Å²) in [5.41, 5.74) is 7.23. The Morgan fingerprint density at radius 2 is 0.882 bits per heavy atom. The van der Waals surface area contributed by atoms with Gasteiger partial charge in [0.25, 0.3) is 0 Å². The molecule has 0 aliphatic heterocycles. The molecule has 0 radical (unpaired) electrons. The van der Waals surface area contributed by atoms with Crippen LogP contribution in [0.3, 0.4) is 0 Å². The fraction of sp³-hybridized carbons (Fsp3) is 0.0909. The van der Waals surface area contributed by atoms with Crippen LogP contribution < -0.4 is 23.8 Å². The maximum Gasteiger partial charge on any atom is 0.146 e. The van der Waals surface area contributed by atoms with E-state index in [0.717, 1.165) is 73.8 Å². The van der Waals surface area contributed by atoms with Crippen molar-refractivity contribution in [3.05, 3.63) is 186 Å². The van der Waals surface area contributed by atoms with Crippen LogP contribution in [0.4, 0.5) is 17.1 Å². The molecule has 0 unspecified atom stereocenters. The number of rotatable bonds is 14. The zero-order valence-corrected chi connectivity index (χ0v) is 28.4. The van der Waals surface area contributed by atoms with Crippen molar-refractivity contribution in [3.8, 4) is 23.0 Å². The number of ether oxygens (including phenoxy) is 4. The second-order valence-electron chi connectivity index (χ2n) is 11.7. The Bertz CT molecular complexity index is 1990. The summed E-state index contributed by atoms with van der Waals surface area (Å²) in [4.78, 5) is 2.20. The molecule has 51 heavy (non-hydrogen) atoms. The van der Waals surface area contributed by atoms with Crippen LogP contribution in [0.1, 0.15) is 28.2 Å². The molecule has 7 heteroatoms. The van der Waals surface area contributed by atoms with E-state index >= 15 is 0 Å². The summed E-state index contributed by atoms with van der Waals surface area (Å²) in [7, 11) is 3.35. The van der Waals surface area contributed by atoms with Gasteiger partial charge in [-0.3, -0.25) is 0 Å². The summed E-state index contributed by atoms with van der Waals surface area (Å²) in [5, 5.41) is 0. The van der Waals surface area contributed by atoms with E-state index in [2.05, 4.69) is 83.8 Å². The minimum Gasteiger partial charge on any atom is -0.497 e. The van der Waals surface area contributed by atoms with Gasteiger partial charge in [-0.1, -0.05) is 36.4 Å². The maximum atomic E-state index is 5.96. The highest BCUT2D eigenvalue weighted by molar-refractivity contribution is 5.92. The lowest BCUT2D eigenvalue weighted by atomic mass is 9.95. The first-order valence-corrected chi connectivity index (χ1v) is 16.6. The summed E-state index contributed by atoms with van der Waals surface area (Å²) in [6.45, 7) is 0.732. The van der Waals surface area contributed by atoms with Crippen LogP contribution in [0.2, 0.25) is 0 Å². The van der Waals surface area contributed by atoms with Crippen LogP contribution in [-0.4, -0.2) is 14.2 Å². The van der Waals surface area contributed by atoms with Crippen LogP contribution in [-0.2, 0) is 13.2 Å². The summed E-state index contributed by atoms with van der Waals surface area (Å²) in [6, 6.07) is 48.4. The van der Waals surface area contributed by atoms with Gasteiger partial charge in [-0.05, 0) is 138 Å². The lowest BCUT2D eigenvalue weighted by molar-refractivity contribution is 0.270. The Kier molecular flexibility index (Phi) is 10.2. The molecule has 0 saturated carbocycles. The van der Waals surface area contributed by atoms with Crippen molar-refractivity contribution in [3.63, 3.8) is 0 Å². The predicted molar refractivity (Wildman–Crippen MR) is 200 cm³/mol. The van der Waals surface area contributed by atoms with Crippen molar-refractivity contribution in [2.75, 3.05) is 19.1 Å². The summed E-state index contributed by atoms with van der Waals surface area (Å²) < 4.78 is 33.6. The molecule has 0 aliphatic carbocycles. The van der Waals surface area contributed by atoms with Crippen molar-refractivity contribution in [1.29, 1.82) is 0 Å². The first-order valence-electron chi connectivity index (χ1n) is 16.6. The molecule has 254 valence electrons. The van der Waals surface area contributed by atoms with Crippen molar-refractivity contribution < 1.29 is 27.8 Å². The molecular formula is C44H37NO6. The minimum absolute atomic E-state index is 0.366. The van der Waals surface area contributed by atoms with Gasteiger partial charge in [0, 0.05) is 17.1 Å². The van der Waals surface area contributed by atoms with Gasteiger partial charge in [-0.25, -0.2) is 0 Å². The number of benzene rings is 5. The number of anilines is 3. The number of methoxy groups -OCH3 is 2. The molecular weight excluding hydrogens is 638 g/mol. The Hall–Kier alpha value is -6.60. The van der Waals surface area contributed by atoms with E-state index < -0.39 is 0 Å². The average molecular weight is 676 g/mol. The number of hydrogen-bond donors (Lipinski definition) is 0. The topological polar surface area (TPSA) is 66.4 Å². The summed E-state index contributed by atoms with van der Waals surface area (Å²) in [6.07, 6.45) is 5.50. The number of nitrogens with zero attached hydrogens (tertiary/aromatic N) is 1. The largest absolute Gasteiger partial charge is 0.497 e. The average Bonchev–Trinajstić information content (AvgIpc) is 3.93. The highest BCUT2D eigenvalue weighted by Gasteiger charge is 2.14. The van der Waals surface area contributed by atoms with E-state index in [0.29, 0.717) is 13.2 Å². The summed E-state index contributed by atoms with van der Waals surface area (Å²) >= 11 is 0. The van der Waals surface area contributed by atoms with Gasteiger partial charge in [0.05, 0.1) is 26.7 Å². The molecule has 7 aromatic rings. The SMILES string of the molecule is COc1ccc(N(c2ccc(C=C(c3ccc(OCc4ccco4)cc3)c3ccc(OCc4ccco4)cc3)cc2)c2ccc(OC)cc2)cc1. The van der Waals surface area contributed by atoms with Gasteiger partial charge in [-0.2, -0.15) is 0 Å². The monoisotopic (exact) mass is 675 g/mol. The lowest BCUT2D eigenvalue weighted by Crippen LogP contribution is -2.09. The fourth-order valence-corrected chi connectivity index (χ4v) is 5.69. The molecule has 0 atom stereocenters. The molecule has 7 rings (SSSR count). The molecule has 5 aromatic carbocycles. The standard InChI is InChI=1S/C44H37NO6/c1-46-38-23-15-36(16-24-38)45(37-17-25-39(47-2)26-18-37)35-13-7-32(8-14-35)29-44(33-9-19-40(20-10-33)50-30-42-5-3-27-48-42)34-11-21-41(22-12-34)51-31-43-6-4-28-49-43/h3-29H,30-31H2,1-2H3. The highest BCUT2D eigenvalue weighted by Crippen LogP contribution is 2.37. The van der Waals surface area contributed by atoms with E-state index in [1.54, 1.807) is 26.7 Å². The lowest BCUT2D eigenvalue weighted by Gasteiger charge is -2.26. The molecule has 0 spiro atoms. The molecule has 0 amide bonds. The fourth-order valence-electron chi connectivity index (χ4n) is 5.69. The van der Waals surface area contributed by atoms with Crippen LogP contribution in [0.15, 0.2) is 167 Å². The molecule has 0 aliphatic rings. The predicted octanol–water partition coefficient (Wildman–Crippen LogP) is 11.1. The number of hydrogen-bond acceptors (Lipinski definition) is 7. The third-order valence-corrected chi connectivity index (χ3v) is 8.38. The van der Waals surface area contributed by atoms with E-state index in [-0.39, 0.29) is 0 Å². The second-order valence-corrected chi connectivity index (χ2v) is 11.7. The Morgan fingerprint density at radius 1 is 0.490 bits per heavy atom. The quantitative estimate of drug-likeness (QED) is 0.106. The van der Waals surface area contributed by atoms with Gasteiger partial charge in [0.1, 0.15) is 47.7 Å². The van der Waals surface area contributed by atoms with Crippen molar-refractivity contribution in [2.24, 2.45) is 0 Å². The molecule has 0 fully saturated rings. The molecule has 2 heterocycles. The van der Waals surface area contributed by atoms with Crippen molar-refractivity contribution in [2.45, 2.75) is 13.2 Å². The third-order valence-electron chi connectivity index (χ3n) is 8.38. The van der Waals surface area contributed by atoms with Crippen molar-refractivity contribution >= 4 is 28.7 Å². The Balaban J connectivity index is 1.19. The summed E-state index contributed by atoms with van der Waals surface area (Å²) in [5.74, 6) is 4.67. The first-order chi connectivity index (χ1) is 25.1. The van der Waals surface area contributed by atoms with Crippen LogP contribution in [0.25, 0.3) is 11.6 Å². The highest BCUT2D eigenvalue weighted by atomic mass is 16.5. The second kappa shape index (κ2) is 15.7. The van der Waals surface area contributed by atoms with Gasteiger partial charge >= 0.3 is 0 Å². The normalized spacial score (nSPS) is 10.7. The minimum atomic E-state index is 0.366. The van der Waals surface area contributed by atoms with Crippen molar-refractivity contribution in [1.82, 2.24) is 0 Å². The first kappa shape index (κ1) is 32.9. The third kappa shape index (κ3) is 8.17.